The molecule has 0 saturated heterocycles. The summed E-state index contributed by atoms with van der Waals surface area (Å²) in [7, 11) is 0. The molecular formula is C24H20Cl2N2O2. The number of hydrogen-bond donors (Lipinski definition) is 2. The monoisotopic (exact) mass is 438 g/mol. The van der Waals surface area contributed by atoms with E-state index in [9.17, 15) is 4.79 Å². The molecule has 4 aromatic rings. The number of carbonyl (C=O) groups is 1. The van der Waals surface area contributed by atoms with Gasteiger partial charge in [-0.3, -0.25) is 0 Å². The first-order valence-corrected chi connectivity index (χ1v) is 10.3. The van der Waals surface area contributed by atoms with Crippen molar-refractivity contribution in [2.24, 2.45) is 0 Å². The van der Waals surface area contributed by atoms with E-state index < -0.39 is 5.97 Å². The Morgan fingerprint density at radius 3 is 2.57 bits per heavy atom. The summed E-state index contributed by atoms with van der Waals surface area (Å²) < 4.78 is 2.18. The van der Waals surface area contributed by atoms with Crippen LogP contribution >= 0.6 is 23.2 Å². The van der Waals surface area contributed by atoms with Crippen LogP contribution in [0.3, 0.4) is 0 Å². The lowest BCUT2D eigenvalue weighted by molar-refractivity contribution is 0.0697. The number of carboxylic acid groups (broad SMARTS) is 1. The molecule has 4 rings (SSSR count). The molecule has 0 aliphatic heterocycles. The Morgan fingerprint density at radius 2 is 1.83 bits per heavy atom. The topological polar surface area (TPSA) is 54.3 Å². The summed E-state index contributed by atoms with van der Waals surface area (Å²) in [6.45, 7) is 3.17. The number of fused-ring (bicyclic) bond motifs is 1. The molecule has 3 aromatic carbocycles. The number of aryl methyl sites for hydroxylation is 1. The minimum Gasteiger partial charge on any atom is -0.478 e. The lowest BCUT2D eigenvalue weighted by Crippen LogP contribution is -2.03. The van der Waals surface area contributed by atoms with Gasteiger partial charge in [-0.25, -0.2) is 4.79 Å². The van der Waals surface area contributed by atoms with E-state index in [0.29, 0.717) is 23.1 Å². The quantitative estimate of drug-likeness (QED) is 0.355. The highest BCUT2D eigenvalue weighted by atomic mass is 35.5. The molecule has 0 unspecified atom stereocenters. The number of hydrogen-bond acceptors (Lipinski definition) is 2. The van der Waals surface area contributed by atoms with Crippen molar-refractivity contribution in [3.63, 3.8) is 0 Å². The highest BCUT2D eigenvalue weighted by molar-refractivity contribution is 6.35. The molecule has 0 fully saturated rings. The maximum atomic E-state index is 11.1. The minimum atomic E-state index is -0.923. The Balaban J connectivity index is 1.61. The van der Waals surface area contributed by atoms with E-state index in [2.05, 4.69) is 28.2 Å². The van der Waals surface area contributed by atoms with Crippen LogP contribution in [-0.2, 0) is 13.1 Å². The second-order valence-corrected chi connectivity index (χ2v) is 8.07. The van der Waals surface area contributed by atoms with E-state index in [4.69, 9.17) is 28.3 Å². The maximum Gasteiger partial charge on any atom is 0.335 e. The van der Waals surface area contributed by atoms with Crippen molar-refractivity contribution < 1.29 is 9.90 Å². The molecular weight excluding hydrogens is 419 g/mol. The van der Waals surface area contributed by atoms with Crippen molar-refractivity contribution in [2.75, 3.05) is 5.32 Å². The molecule has 4 nitrogen and oxygen atoms in total. The third-order valence-electron chi connectivity index (χ3n) is 5.17. The molecule has 0 atom stereocenters. The second kappa shape index (κ2) is 8.42. The average molecular weight is 439 g/mol. The third-order valence-corrected chi connectivity index (χ3v) is 5.76. The largest absolute Gasteiger partial charge is 0.478 e. The van der Waals surface area contributed by atoms with E-state index in [1.54, 1.807) is 18.2 Å². The number of rotatable bonds is 6. The van der Waals surface area contributed by atoms with Crippen LogP contribution in [0.5, 0.6) is 0 Å². The van der Waals surface area contributed by atoms with Gasteiger partial charge >= 0.3 is 5.97 Å². The van der Waals surface area contributed by atoms with E-state index in [1.807, 2.05) is 37.3 Å². The van der Waals surface area contributed by atoms with E-state index >= 15 is 0 Å². The van der Waals surface area contributed by atoms with Crippen LogP contribution < -0.4 is 5.32 Å². The van der Waals surface area contributed by atoms with Crippen LogP contribution in [0.2, 0.25) is 10.0 Å². The van der Waals surface area contributed by atoms with E-state index in [0.717, 1.165) is 33.3 Å². The maximum absolute atomic E-state index is 11.1. The number of para-hydroxylation sites is 1. The van der Waals surface area contributed by atoms with Crippen molar-refractivity contribution in [1.29, 1.82) is 0 Å². The molecule has 0 spiro atoms. The molecule has 6 heteroatoms. The fraction of sp³-hybridized carbons (Fsp3) is 0.125. The smallest absolute Gasteiger partial charge is 0.335 e. The summed E-state index contributed by atoms with van der Waals surface area (Å²) in [6, 6.07) is 18.9. The van der Waals surface area contributed by atoms with Crippen molar-refractivity contribution in [1.82, 2.24) is 4.57 Å². The molecule has 0 saturated carbocycles. The molecule has 0 aliphatic rings. The van der Waals surface area contributed by atoms with Gasteiger partial charge in [0.1, 0.15) is 0 Å². The summed E-state index contributed by atoms with van der Waals surface area (Å²) >= 11 is 12.4. The first-order chi connectivity index (χ1) is 14.4. The first-order valence-electron chi connectivity index (χ1n) is 9.51. The lowest BCUT2D eigenvalue weighted by atomic mass is 10.1. The Morgan fingerprint density at radius 1 is 1.03 bits per heavy atom. The van der Waals surface area contributed by atoms with Crippen LogP contribution in [0.4, 0.5) is 5.69 Å². The van der Waals surface area contributed by atoms with E-state index in [1.165, 1.54) is 0 Å². The molecule has 0 amide bonds. The fourth-order valence-electron chi connectivity index (χ4n) is 3.61. The number of carboxylic acids is 1. The highest BCUT2D eigenvalue weighted by Crippen LogP contribution is 2.27. The highest BCUT2D eigenvalue weighted by Gasteiger charge is 2.11. The molecule has 30 heavy (non-hydrogen) atoms. The average Bonchev–Trinajstić information content (AvgIpc) is 3.07. The van der Waals surface area contributed by atoms with Crippen LogP contribution in [0.25, 0.3) is 10.9 Å². The predicted molar refractivity (Wildman–Crippen MR) is 123 cm³/mol. The SMILES string of the molecule is Cc1cc(C(=O)O)ccc1NCc1cn(Cc2ccc(Cl)cc2Cl)c2ccccc12. The van der Waals surface area contributed by atoms with Gasteiger partial charge in [-0.15, -0.1) is 0 Å². The predicted octanol–water partition coefficient (Wildman–Crippen LogP) is 6.62. The number of aromatic carboxylic acids is 1. The van der Waals surface area contributed by atoms with Gasteiger partial charge in [0, 0.05) is 45.9 Å². The van der Waals surface area contributed by atoms with Crippen LogP contribution in [-0.4, -0.2) is 15.6 Å². The Bertz CT molecular complexity index is 1250. The van der Waals surface area contributed by atoms with Gasteiger partial charge in [0.05, 0.1) is 5.56 Å². The molecule has 1 heterocycles. The summed E-state index contributed by atoms with van der Waals surface area (Å²) in [5.74, 6) is -0.923. The van der Waals surface area contributed by atoms with Gasteiger partial charge in [-0.2, -0.15) is 0 Å². The molecule has 152 valence electrons. The summed E-state index contributed by atoms with van der Waals surface area (Å²) in [5, 5.41) is 15.0. The fourth-order valence-corrected chi connectivity index (χ4v) is 4.08. The second-order valence-electron chi connectivity index (χ2n) is 7.22. The van der Waals surface area contributed by atoms with Gasteiger partial charge in [0.2, 0.25) is 0 Å². The van der Waals surface area contributed by atoms with Crippen LogP contribution in [0.15, 0.2) is 66.9 Å². The molecule has 0 radical (unpaired) electrons. The Kier molecular flexibility index (Phi) is 5.71. The van der Waals surface area contributed by atoms with Gasteiger partial charge in [0.25, 0.3) is 0 Å². The van der Waals surface area contributed by atoms with Gasteiger partial charge in [0.15, 0.2) is 0 Å². The van der Waals surface area contributed by atoms with Crippen molar-refractivity contribution in [3.05, 3.63) is 99.2 Å². The molecule has 2 N–H and O–H groups in total. The van der Waals surface area contributed by atoms with Crippen LogP contribution in [0.1, 0.15) is 27.0 Å². The lowest BCUT2D eigenvalue weighted by Gasteiger charge is -2.10. The number of benzene rings is 3. The number of halogens is 2. The van der Waals surface area contributed by atoms with Gasteiger partial charge < -0.3 is 15.0 Å². The normalized spacial score (nSPS) is 11.0. The van der Waals surface area contributed by atoms with Gasteiger partial charge in [-0.05, 0) is 60.0 Å². The van der Waals surface area contributed by atoms with E-state index in [-0.39, 0.29) is 5.56 Å². The molecule has 1 aromatic heterocycles. The van der Waals surface area contributed by atoms with Crippen LogP contribution in [0, 0.1) is 6.92 Å². The molecule has 0 bridgehead atoms. The Hall–Kier alpha value is -2.95. The number of nitrogens with one attached hydrogen (secondary N) is 1. The summed E-state index contributed by atoms with van der Waals surface area (Å²) in [6.07, 6.45) is 2.13. The number of anilines is 1. The number of aromatic nitrogens is 1. The van der Waals surface area contributed by atoms with Gasteiger partial charge in [-0.1, -0.05) is 47.5 Å². The number of nitrogens with zero attached hydrogens (tertiary/aromatic N) is 1. The summed E-state index contributed by atoms with van der Waals surface area (Å²) in [5.41, 5.74) is 5.37. The summed E-state index contributed by atoms with van der Waals surface area (Å²) in [4.78, 5) is 11.1. The first kappa shape index (κ1) is 20.3. The van der Waals surface area contributed by atoms with Crippen molar-refractivity contribution in [3.8, 4) is 0 Å². The zero-order valence-electron chi connectivity index (χ0n) is 16.3. The Labute approximate surface area is 184 Å². The van der Waals surface area contributed by atoms with Crippen molar-refractivity contribution in [2.45, 2.75) is 20.0 Å². The van der Waals surface area contributed by atoms with Crippen molar-refractivity contribution >= 4 is 45.8 Å². The third kappa shape index (κ3) is 4.16. The minimum absolute atomic E-state index is 0.287. The zero-order valence-corrected chi connectivity index (χ0v) is 17.8. The molecule has 0 aliphatic carbocycles. The zero-order chi connectivity index (χ0) is 21.3. The standard InChI is InChI=1S/C24H20Cl2N2O2/c1-15-10-16(24(29)30)7-9-22(15)27-12-18-14-28(23-5-3-2-4-20(18)23)13-17-6-8-19(25)11-21(17)26/h2-11,14,27H,12-13H2,1H3,(H,29,30).